The van der Waals surface area contributed by atoms with E-state index in [1.165, 1.54) is 17.5 Å². The van der Waals surface area contributed by atoms with Gasteiger partial charge in [-0.2, -0.15) is 0 Å². The van der Waals surface area contributed by atoms with Crippen LogP contribution in [0.3, 0.4) is 0 Å². The number of hydrogen-bond acceptors (Lipinski definition) is 4. The summed E-state index contributed by atoms with van der Waals surface area (Å²) in [5.74, 6) is 0.569. The molecule has 1 atom stereocenters. The minimum atomic E-state index is 0.0402. The number of aryl methyl sites for hydroxylation is 3. The molecule has 5 heteroatoms. The third-order valence-electron chi connectivity index (χ3n) is 5.53. The average molecular weight is 389 g/mol. The Hall–Kier alpha value is -2.95. The lowest BCUT2D eigenvalue weighted by Gasteiger charge is -2.31. The first-order valence-electron chi connectivity index (χ1n) is 10.3. The molecular weight excluding hydrogens is 360 g/mol. The number of hydrogen-bond donors (Lipinski definition) is 1. The van der Waals surface area contributed by atoms with Gasteiger partial charge < -0.3 is 10.2 Å². The molecule has 0 unspecified atom stereocenters. The molecule has 0 radical (unpaired) electrons. The maximum atomic E-state index is 13.4. The van der Waals surface area contributed by atoms with Gasteiger partial charge in [-0.05, 0) is 74.9 Å². The standard InChI is InChI=1S/C24H28N4O/c1-15-6-5-9-28(14-15)24(29)21-13-25-23-20(8-7-18(4)26-23)22(21)27-19-11-16(2)10-17(3)12-19/h7-8,10-13,15H,5-6,9,14H2,1-4H3,(H,25,26,27)/t15-/m0/s1. The van der Waals surface area contributed by atoms with Crippen LogP contribution in [-0.2, 0) is 0 Å². The predicted octanol–water partition coefficient (Wildman–Crippen LogP) is 5.17. The molecule has 4 rings (SSSR count). The summed E-state index contributed by atoms with van der Waals surface area (Å²) in [4.78, 5) is 24.5. The number of amides is 1. The number of pyridine rings is 2. The fourth-order valence-electron chi connectivity index (χ4n) is 4.20. The van der Waals surface area contributed by atoms with E-state index >= 15 is 0 Å². The minimum Gasteiger partial charge on any atom is -0.354 e. The molecule has 1 saturated heterocycles. The highest BCUT2D eigenvalue weighted by atomic mass is 16.2. The molecule has 2 aromatic heterocycles. The normalized spacial score (nSPS) is 16.8. The molecule has 3 heterocycles. The molecule has 1 aromatic carbocycles. The first kappa shape index (κ1) is 19.4. The fraction of sp³-hybridized carbons (Fsp3) is 0.375. The van der Waals surface area contributed by atoms with Crippen LogP contribution in [0, 0.1) is 26.7 Å². The van der Waals surface area contributed by atoms with Gasteiger partial charge in [-0.15, -0.1) is 0 Å². The molecule has 0 bridgehead atoms. The van der Waals surface area contributed by atoms with E-state index in [1.807, 2.05) is 24.0 Å². The van der Waals surface area contributed by atoms with Crippen molar-refractivity contribution in [2.45, 2.75) is 40.5 Å². The molecule has 1 aliphatic rings. The predicted molar refractivity (Wildman–Crippen MR) is 118 cm³/mol. The topological polar surface area (TPSA) is 58.1 Å². The van der Waals surface area contributed by atoms with Gasteiger partial charge in [0.1, 0.15) is 0 Å². The Kier molecular flexibility index (Phi) is 5.22. The number of benzene rings is 1. The van der Waals surface area contributed by atoms with Crippen LogP contribution in [0.4, 0.5) is 11.4 Å². The molecule has 5 nitrogen and oxygen atoms in total. The molecule has 1 amide bonds. The first-order chi connectivity index (χ1) is 13.9. The molecule has 3 aromatic rings. The average Bonchev–Trinajstić information content (AvgIpc) is 2.66. The molecule has 0 aliphatic carbocycles. The lowest BCUT2D eigenvalue weighted by atomic mass is 9.99. The molecule has 1 aliphatic heterocycles. The van der Waals surface area contributed by atoms with Gasteiger partial charge in [-0.3, -0.25) is 4.79 Å². The number of piperidine rings is 1. The Morgan fingerprint density at radius 3 is 2.62 bits per heavy atom. The Balaban J connectivity index is 1.82. The van der Waals surface area contributed by atoms with Crippen molar-refractivity contribution >= 4 is 28.3 Å². The number of likely N-dealkylation sites (tertiary alicyclic amines) is 1. The van der Waals surface area contributed by atoms with E-state index < -0.39 is 0 Å². The second kappa shape index (κ2) is 7.82. The van der Waals surface area contributed by atoms with Crippen LogP contribution < -0.4 is 5.32 Å². The minimum absolute atomic E-state index is 0.0402. The molecule has 0 saturated carbocycles. The Labute approximate surface area is 172 Å². The van der Waals surface area contributed by atoms with Crippen LogP contribution in [0.2, 0.25) is 0 Å². The van der Waals surface area contributed by atoms with E-state index in [1.54, 1.807) is 6.20 Å². The molecule has 1 fully saturated rings. The van der Waals surface area contributed by atoms with E-state index in [2.05, 4.69) is 54.3 Å². The van der Waals surface area contributed by atoms with Crippen molar-refractivity contribution in [3.8, 4) is 0 Å². The summed E-state index contributed by atoms with van der Waals surface area (Å²) < 4.78 is 0. The van der Waals surface area contributed by atoms with Crippen molar-refractivity contribution in [1.82, 2.24) is 14.9 Å². The Morgan fingerprint density at radius 2 is 1.90 bits per heavy atom. The van der Waals surface area contributed by atoms with Crippen molar-refractivity contribution in [1.29, 1.82) is 0 Å². The third kappa shape index (κ3) is 4.09. The van der Waals surface area contributed by atoms with Crippen LogP contribution in [0.25, 0.3) is 11.0 Å². The van der Waals surface area contributed by atoms with Crippen molar-refractivity contribution < 1.29 is 4.79 Å². The number of fused-ring (bicyclic) bond motifs is 1. The van der Waals surface area contributed by atoms with E-state index in [-0.39, 0.29) is 5.91 Å². The zero-order valence-corrected chi connectivity index (χ0v) is 17.6. The summed E-state index contributed by atoms with van der Waals surface area (Å²) in [5, 5.41) is 4.39. The summed E-state index contributed by atoms with van der Waals surface area (Å²) in [7, 11) is 0. The Bertz CT molecular complexity index is 1060. The van der Waals surface area contributed by atoms with Crippen LogP contribution in [0.1, 0.15) is 46.9 Å². The van der Waals surface area contributed by atoms with Gasteiger partial charge >= 0.3 is 0 Å². The second-order valence-corrected chi connectivity index (χ2v) is 8.37. The quantitative estimate of drug-likeness (QED) is 0.672. The van der Waals surface area contributed by atoms with Crippen molar-refractivity contribution in [3.63, 3.8) is 0 Å². The van der Waals surface area contributed by atoms with Gasteiger partial charge in [0, 0.05) is 36.1 Å². The molecule has 1 N–H and O–H groups in total. The summed E-state index contributed by atoms with van der Waals surface area (Å²) >= 11 is 0. The van der Waals surface area contributed by atoms with Gasteiger partial charge in [0.25, 0.3) is 5.91 Å². The number of carbonyl (C=O) groups is 1. The van der Waals surface area contributed by atoms with E-state index in [0.717, 1.165) is 42.0 Å². The van der Waals surface area contributed by atoms with Crippen LogP contribution in [0.15, 0.2) is 36.5 Å². The number of nitrogens with one attached hydrogen (secondary N) is 1. The van der Waals surface area contributed by atoms with Crippen molar-refractivity contribution in [2.75, 3.05) is 18.4 Å². The lowest BCUT2D eigenvalue weighted by Crippen LogP contribution is -2.39. The van der Waals surface area contributed by atoms with E-state index in [0.29, 0.717) is 17.1 Å². The van der Waals surface area contributed by atoms with Crippen LogP contribution in [0.5, 0.6) is 0 Å². The highest BCUT2D eigenvalue weighted by Gasteiger charge is 2.25. The van der Waals surface area contributed by atoms with Gasteiger partial charge in [0.05, 0.1) is 11.3 Å². The zero-order valence-electron chi connectivity index (χ0n) is 17.6. The molecule has 0 spiro atoms. The smallest absolute Gasteiger partial charge is 0.257 e. The highest BCUT2D eigenvalue weighted by Crippen LogP contribution is 2.31. The van der Waals surface area contributed by atoms with Gasteiger partial charge in [0.15, 0.2) is 5.65 Å². The largest absolute Gasteiger partial charge is 0.354 e. The second-order valence-electron chi connectivity index (χ2n) is 8.37. The molecule has 150 valence electrons. The number of anilines is 2. The molecule has 29 heavy (non-hydrogen) atoms. The van der Waals surface area contributed by atoms with Crippen molar-refractivity contribution in [3.05, 3.63) is 58.9 Å². The summed E-state index contributed by atoms with van der Waals surface area (Å²) in [6, 6.07) is 10.3. The maximum absolute atomic E-state index is 13.4. The van der Waals surface area contributed by atoms with Crippen LogP contribution >= 0.6 is 0 Å². The number of carbonyl (C=O) groups excluding carboxylic acids is 1. The van der Waals surface area contributed by atoms with Gasteiger partial charge in [-0.1, -0.05) is 13.0 Å². The fourth-order valence-corrected chi connectivity index (χ4v) is 4.20. The number of rotatable bonds is 3. The van der Waals surface area contributed by atoms with E-state index in [4.69, 9.17) is 0 Å². The lowest BCUT2D eigenvalue weighted by molar-refractivity contribution is 0.0684. The van der Waals surface area contributed by atoms with Crippen LogP contribution in [-0.4, -0.2) is 33.9 Å². The summed E-state index contributed by atoms with van der Waals surface area (Å²) in [6.07, 6.45) is 3.91. The third-order valence-corrected chi connectivity index (χ3v) is 5.53. The monoisotopic (exact) mass is 388 g/mol. The van der Waals surface area contributed by atoms with E-state index in [9.17, 15) is 4.79 Å². The number of aromatic nitrogens is 2. The zero-order chi connectivity index (χ0) is 20.5. The maximum Gasteiger partial charge on any atom is 0.257 e. The summed E-state index contributed by atoms with van der Waals surface area (Å²) in [6.45, 7) is 9.91. The summed E-state index contributed by atoms with van der Waals surface area (Å²) in [5.41, 5.74) is 6.28. The van der Waals surface area contributed by atoms with Crippen molar-refractivity contribution in [2.24, 2.45) is 5.92 Å². The molecular formula is C24H28N4O. The number of nitrogens with zero attached hydrogens (tertiary/aromatic N) is 3. The Morgan fingerprint density at radius 1 is 1.14 bits per heavy atom. The first-order valence-corrected chi connectivity index (χ1v) is 10.3. The van der Waals surface area contributed by atoms with Gasteiger partial charge in [0.2, 0.25) is 0 Å². The van der Waals surface area contributed by atoms with Gasteiger partial charge in [-0.25, -0.2) is 9.97 Å². The highest BCUT2D eigenvalue weighted by molar-refractivity contribution is 6.07. The SMILES string of the molecule is Cc1cc(C)cc(Nc2c(C(=O)N3CCC[C@H](C)C3)cnc3nc(C)ccc23)c1.